The maximum atomic E-state index is 12.1. The van der Waals surface area contributed by atoms with Gasteiger partial charge in [-0.25, -0.2) is 4.98 Å². The fraction of sp³-hybridized carbons (Fsp3) is 0.333. The van der Waals surface area contributed by atoms with Crippen molar-refractivity contribution in [1.29, 1.82) is 0 Å². The van der Waals surface area contributed by atoms with Gasteiger partial charge in [-0.1, -0.05) is 12.1 Å². The highest BCUT2D eigenvalue weighted by molar-refractivity contribution is 5.94. The van der Waals surface area contributed by atoms with E-state index in [2.05, 4.69) is 21.3 Å². The Morgan fingerprint density at radius 3 is 2.59 bits per heavy atom. The number of anilines is 2. The molecule has 32 heavy (non-hydrogen) atoms. The van der Waals surface area contributed by atoms with Crippen LogP contribution in [0.1, 0.15) is 15.9 Å². The lowest BCUT2D eigenvalue weighted by molar-refractivity contribution is 0.0342. The van der Waals surface area contributed by atoms with Crippen molar-refractivity contribution in [2.75, 3.05) is 52.8 Å². The monoisotopic (exact) mass is 436 g/mol. The second-order valence-electron chi connectivity index (χ2n) is 7.89. The maximum absolute atomic E-state index is 12.1. The number of oxazole rings is 1. The van der Waals surface area contributed by atoms with Crippen molar-refractivity contribution in [3.8, 4) is 17.1 Å². The van der Waals surface area contributed by atoms with Crippen LogP contribution in [0.15, 0.2) is 53.1 Å². The topological polar surface area (TPSA) is 80.1 Å². The minimum absolute atomic E-state index is 0.0395. The average molecular weight is 437 g/mol. The summed E-state index contributed by atoms with van der Waals surface area (Å²) in [5, 5.41) is 3.23. The summed E-state index contributed by atoms with van der Waals surface area (Å²) in [5.74, 6) is 1.35. The van der Waals surface area contributed by atoms with Crippen LogP contribution in [0.2, 0.25) is 0 Å². The smallest absolute Gasteiger partial charge is 0.299 e. The number of ether oxygens (including phenoxy) is 2. The summed E-state index contributed by atoms with van der Waals surface area (Å²) in [5.41, 5.74) is 3.45. The number of carbonyl (C=O) groups excluding carboxylic acids is 1. The largest absolute Gasteiger partial charge is 0.497 e. The molecule has 3 aromatic rings. The molecule has 8 nitrogen and oxygen atoms in total. The summed E-state index contributed by atoms with van der Waals surface area (Å²) >= 11 is 0. The number of hydrogen-bond acceptors (Lipinski definition) is 7. The van der Waals surface area contributed by atoms with E-state index in [4.69, 9.17) is 13.9 Å². The van der Waals surface area contributed by atoms with E-state index >= 15 is 0 Å². The minimum Gasteiger partial charge on any atom is -0.497 e. The highest BCUT2D eigenvalue weighted by Gasteiger charge is 2.14. The van der Waals surface area contributed by atoms with E-state index in [1.807, 2.05) is 24.3 Å². The van der Waals surface area contributed by atoms with Crippen LogP contribution in [0.25, 0.3) is 11.3 Å². The fourth-order valence-corrected chi connectivity index (χ4v) is 3.58. The Bertz CT molecular complexity index is 1060. The number of morpholine rings is 1. The maximum Gasteiger partial charge on any atom is 0.299 e. The van der Waals surface area contributed by atoms with Gasteiger partial charge in [0, 0.05) is 56.6 Å². The van der Waals surface area contributed by atoms with Crippen LogP contribution in [0.5, 0.6) is 5.75 Å². The molecular formula is C24H28N4O4. The van der Waals surface area contributed by atoms with Crippen molar-refractivity contribution in [2.45, 2.75) is 6.54 Å². The zero-order valence-corrected chi connectivity index (χ0v) is 18.6. The molecule has 0 bridgehead atoms. The number of benzene rings is 2. The number of aromatic nitrogens is 1. The number of methoxy groups -OCH3 is 1. The molecule has 1 aromatic heterocycles. The molecule has 1 amide bonds. The second-order valence-corrected chi connectivity index (χ2v) is 7.89. The van der Waals surface area contributed by atoms with Crippen LogP contribution in [-0.2, 0) is 11.3 Å². The van der Waals surface area contributed by atoms with Gasteiger partial charge in [-0.2, -0.15) is 0 Å². The highest BCUT2D eigenvalue weighted by Crippen LogP contribution is 2.28. The number of rotatable bonds is 7. The first-order valence-electron chi connectivity index (χ1n) is 10.5. The van der Waals surface area contributed by atoms with Crippen LogP contribution in [0, 0.1) is 0 Å². The first-order chi connectivity index (χ1) is 15.5. The zero-order chi connectivity index (χ0) is 22.5. The molecule has 8 heteroatoms. The van der Waals surface area contributed by atoms with Gasteiger partial charge >= 0.3 is 0 Å². The van der Waals surface area contributed by atoms with E-state index in [9.17, 15) is 4.79 Å². The number of amides is 1. The quantitative estimate of drug-likeness (QED) is 0.606. The van der Waals surface area contributed by atoms with Crippen LogP contribution in [-0.4, -0.2) is 68.2 Å². The molecule has 1 fully saturated rings. The average Bonchev–Trinajstić information content (AvgIpc) is 3.27. The Kier molecular flexibility index (Phi) is 6.72. The standard InChI is InChI=1S/C24H28N4O4/c1-27(2)23(29)19-6-4-18(5-7-19)22-15-25-24(32-22)26-20-12-17(13-21(14-20)30-3)16-28-8-10-31-11-9-28/h4-7,12-15H,8-11,16H2,1-3H3,(H,25,26). The van der Waals surface area contributed by atoms with Crippen molar-refractivity contribution in [1.82, 2.24) is 14.8 Å². The number of carbonyl (C=O) groups is 1. The van der Waals surface area contributed by atoms with Gasteiger partial charge in [0.25, 0.3) is 11.9 Å². The van der Waals surface area contributed by atoms with E-state index < -0.39 is 0 Å². The number of nitrogens with zero attached hydrogens (tertiary/aromatic N) is 3. The number of hydrogen-bond donors (Lipinski definition) is 1. The molecule has 1 aliphatic heterocycles. The molecule has 2 aromatic carbocycles. The van der Waals surface area contributed by atoms with Crippen molar-refractivity contribution in [3.63, 3.8) is 0 Å². The van der Waals surface area contributed by atoms with Crippen LogP contribution >= 0.6 is 0 Å². The van der Waals surface area contributed by atoms with Crippen LogP contribution in [0.3, 0.4) is 0 Å². The van der Waals surface area contributed by atoms with Crippen LogP contribution < -0.4 is 10.1 Å². The predicted octanol–water partition coefficient (Wildman–Crippen LogP) is 3.63. The Labute approximate surface area is 187 Å². The SMILES string of the molecule is COc1cc(CN2CCOCC2)cc(Nc2ncc(-c3ccc(C(=O)N(C)C)cc3)o2)c1. The molecule has 1 saturated heterocycles. The molecule has 0 aliphatic carbocycles. The van der Waals surface area contributed by atoms with Gasteiger partial charge in [0.15, 0.2) is 5.76 Å². The van der Waals surface area contributed by atoms with Gasteiger partial charge in [-0.05, 0) is 29.8 Å². The Balaban J connectivity index is 1.48. The summed E-state index contributed by atoms with van der Waals surface area (Å²) in [7, 11) is 5.12. The van der Waals surface area contributed by atoms with E-state index in [1.165, 1.54) is 0 Å². The van der Waals surface area contributed by atoms with Crippen LogP contribution in [0.4, 0.5) is 11.7 Å². The van der Waals surface area contributed by atoms with Crippen molar-refractivity contribution < 1.29 is 18.7 Å². The highest BCUT2D eigenvalue weighted by atomic mass is 16.5. The number of nitrogens with one attached hydrogen (secondary N) is 1. The lowest BCUT2D eigenvalue weighted by atomic mass is 10.1. The molecule has 0 unspecified atom stereocenters. The Morgan fingerprint density at radius 2 is 1.91 bits per heavy atom. The van der Waals surface area contributed by atoms with Gasteiger partial charge in [-0.3, -0.25) is 9.69 Å². The minimum atomic E-state index is -0.0395. The molecule has 168 valence electrons. The molecule has 4 rings (SSSR count). The molecule has 0 atom stereocenters. The summed E-state index contributed by atoms with van der Waals surface area (Å²) in [4.78, 5) is 20.3. The van der Waals surface area contributed by atoms with Gasteiger partial charge in [0.05, 0.1) is 26.5 Å². The molecule has 0 saturated carbocycles. The first-order valence-corrected chi connectivity index (χ1v) is 10.5. The Morgan fingerprint density at radius 1 is 1.16 bits per heavy atom. The summed E-state index contributed by atoms with van der Waals surface area (Å²) in [6.45, 7) is 4.19. The van der Waals surface area contributed by atoms with E-state index in [0.717, 1.165) is 55.4 Å². The van der Waals surface area contributed by atoms with E-state index in [1.54, 1.807) is 44.4 Å². The molecule has 1 N–H and O–H groups in total. The van der Waals surface area contributed by atoms with Gasteiger partial charge < -0.3 is 24.1 Å². The van der Waals surface area contributed by atoms with Gasteiger partial charge in [0.1, 0.15) is 5.75 Å². The van der Waals surface area contributed by atoms with Crippen molar-refractivity contribution in [3.05, 3.63) is 59.8 Å². The molecular weight excluding hydrogens is 408 g/mol. The normalized spacial score (nSPS) is 14.2. The summed E-state index contributed by atoms with van der Waals surface area (Å²) in [6.07, 6.45) is 1.67. The first kappa shape index (κ1) is 21.9. The molecule has 0 radical (unpaired) electrons. The lowest BCUT2D eigenvalue weighted by Gasteiger charge is -2.26. The summed E-state index contributed by atoms with van der Waals surface area (Å²) in [6, 6.07) is 13.7. The van der Waals surface area contributed by atoms with Crippen molar-refractivity contribution in [2.24, 2.45) is 0 Å². The van der Waals surface area contributed by atoms with Crippen molar-refractivity contribution >= 4 is 17.6 Å². The molecule has 0 spiro atoms. The molecule has 2 heterocycles. The third kappa shape index (κ3) is 5.27. The van der Waals surface area contributed by atoms with E-state index in [-0.39, 0.29) is 5.91 Å². The zero-order valence-electron chi connectivity index (χ0n) is 18.6. The third-order valence-corrected chi connectivity index (χ3v) is 5.29. The summed E-state index contributed by atoms with van der Waals surface area (Å²) < 4.78 is 16.8. The van der Waals surface area contributed by atoms with E-state index in [0.29, 0.717) is 17.3 Å². The van der Waals surface area contributed by atoms with Gasteiger partial charge in [0.2, 0.25) is 0 Å². The lowest BCUT2D eigenvalue weighted by Crippen LogP contribution is -2.35. The fourth-order valence-electron chi connectivity index (χ4n) is 3.58. The predicted molar refractivity (Wildman–Crippen MR) is 122 cm³/mol. The third-order valence-electron chi connectivity index (χ3n) is 5.29. The van der Waals surface area contributed by atoms with Gasteiger partial charge in [-0.15, -0.1) is 0 Å². The Hall–Kier alpha value is -3.36. The second kappa shape index (κ2) is 9.84. The molecule has 1 aliphatic rings.